The highest BCUT2D eigenvalue weighted by atomic mass is 35.5. The monoisotopic (exact) mass is 619 g/mol. The van der Waals surface area contributed by atoms with Crippen LogP contribution in [-0.2, 0) is 26.2 Å². The number of hydrogen-bond acceptors (Lipinski definition) is 5. The Morgan fingerprint density at radius 3 is 2.15 bits per heavy atom. The van der Waals surface area contributed by atoms with Crippen LogP contribution in [0.1, 0.15) is 38.8 Å². The minimum absolute atomic E-state index is 0.00720. The van der Waals surface area contributed by atoms with Crippen molar-refractivity contribution in [2.75, 3.05) is 17.5 Å². The smallest absolute Gasteiger partial charge is 0.264 e. The zero-order valence-corrected chi connectivity index (χ0v) is 26.1. The number of anilines is 1. The Balaban J connectivity index is 2.04. The topological polar surface area (TPSA) is 96.0 Å². The molecule has 0 heterocycles. The van der Waals surface area contributed by atoms with Crippen LogP contribution in [-0.4, -0.2) is 50.4 Å². The lowest BCUT2D eigenvalue weighted by Crippen LogP contribution is -2.52. The lowest BCUT2D eigenvalue weighted by molar-refractivity contribution is -0.139. The Morgan fingerprint density at radius 2 is 1.59 bits per heavy atom. The van der Waals surface area contributed by atoms with Gasteiger partial charge in [0.2, 0.25) is 11.8 Å². The largest absolute Gasteiger partial charge is 0.494 e. The number of halogens is 2. The van der Waals surface area contributed by atoms with Gasteiger partial charge in [-0.2, -0.15) is 0 Å². The molecule has 0 aromatic heterocycles. The van der Waals surface area contributed by atoms with E-state index in [-0.39, 0.29) is 23.4 Å². The van der Waals surface area contributed by atoms with E-state index < -0.39 is 28.5 Å². The second-order valence-corrected chi connectivity index (χ2v) is 12.6. The predicted molar refractivity (Wildman–Crippen MR) is 163 cm³/mol. The van der Waals surface area contributed by atoms with Crippen LogP contribution in [0.4, 0.5) is 5.69 Å². The van der Waals surface area contributed by atoms with Gasteiger partial charge < -0.3 is 15.0 Å². The molecule has 11 heteroatoms. The van der Waals surface area contributed by atoms with Gasteiger partial charge in [0.15, 0.2) is 0 Å². The van der Waals surface area contributed by atoms with E-state index in [1.165, 1.54) is 17.0 Å². The summed E-state index contributed by atoms with van der Waals surface area (Å²) in [6, 6.07) is 16.6. The molecule has 0 saturated heterocycles. The summed E-state index contributed by atoms with van der Waals surface area (Å²) in [6.45, 7) is 8.79. The number of nitrogens with zero attached hydrogens (tertiary/aromatic N) is 2. The van der Waals surface area contributed by atoms with Gasteiger partial charge in [0.25, 0.3) is 10.0 Å². The van der Waals surface area contributed by atoms with Gasteiger partial charge in [0.05, 0.1) is 17.2 Å². The van der Waals surface area contributed by atoms with E-state index in [9.17, 15) is 18.0 Å². The second kappa shape index (κ2) is 14.1. The third kappa shape index (κ3) is 8.38. The van der Waals surface area contributed by atoms with Gasteiger partial charge in [0, 0.05) is 22.6 Å². The highest BCUT2D eigenvalue weighted by molar-refractivity contribution is 7.92. The van der Waals surface area contributed by atoms with Gasteiger partial charge in [-0.05, 0) is 88.7 Å². The molecule has 0 fully saturated rings. The number of nitrogens with one attached hydrogen (secondary N) is 1. The highest BCUT2D eigenvalue weighted by Crippen LogP contribution is 2.27. The number of carbonyl (C=O) groups is 2. The normalized spacial score (nSPS) is 12.1. The highest BCUT2D eigenvalue weighted by Gasteiger charge is 2.33. The van der Waals surface area contributed by atoms with Crippen LogP contribution in [0.5, 0.6) is 5.75 Å². The predicted octanol–water partition coefficient (Wildman–Crippen LogP) is 5.84. The Hall–Kier alpha value is -3.27. The molecule has 3 aromatic carbocycles. The minimum Gasteiger partial charge on any atom is -0.494 e. The van der Waals surface area contributed by atoms with E-state index in [4.69, 9.17) is 27.9 Å². The van der Waals surface area contributed by atoms with Crippen LogP contribution in [0, 0.1) is 6.92 Å². The molecule has 0 saturated carbocycles. The van der Waals surface area contributed by atoms with E-state index in [1.807, 2.05) is 27.7 Å². The van der Waals surface area contributed by atoms with Crippen molar-refractivity contribution in [3.05, 3.63) is 87.9 Å². The number of ether oxygens (including phenoxy) is 1. The first-order chi connectivity index (χ1) is 19.3. The Morgan fingerprint density at radius 1 is 0.951 bits per heavy atom. The fraction of sp³-hybridized carbons (Fsp3) is 0.333. The number of benzene rings is 3. The zero-order valence-electron chi connectivity index (χ0n) is 23.7. The molecule has 0 aliphatic heterocycles. The molecule has 0 aliphatic carbocycles. The maximum atomic E-state index is 14.0. The van der Waals surface area contributed by atoms with Crippen LogP contribution >= 0.6 is 23.2 Å². The molecular weight excluding hydrogens is 585 g/mol. The molecule has 0 bridgehead atoms. The average Bonchev–Trinajstić information content (AvgIpc) is 2.91. The summed E-state index contributed by atoms with van der Waals surface area (Å²) in [7, 11) is -4.19. The summed E-state index contributed by atoms with van der Waals surface area (Å²) < 4.78 is 34.4. The molecular formula is C30H35Cl2N3O5S. The maximum Gasteiger partial charge on any atom is 0.264 e. The van der Waals surface area contributed by atoms with Crippen molar-refractivity contribution < 1.29 is 22.7 Å². The Kier molecular flexibility index (Phi) is 11.1. The molecule has 8 nitrogen and oxygen atoms in total. The van der Waals surface area contributed by atoms with Crippen molar-refractivity contribution in [3.8, 4) is 5.75 Å². The molecule has 0 unspecified atom stereocenters. The van der Waals surface area contributed by atoms with Crippen molar-refractivity contribution in [2.24, 2.45) is 0 Å². The summed E-state index contributed by atoms with van der Waals surface area (Å²) in [4.78, 5) is 28.3. The molecule has 0 radical (unpaired) electrons. The SMILES string of the molecule is CCOc1ccc(S(=O)(=O)N(CC(=O)N(Cc2ccc(Cl)cc2Cl)[C@H](C)C(=O)NC(C)C)c2ccc(C)cc2)cc1. The molecule has 41 heavy (non-hydrogen) atoms. The zero-order chi connectivity index (χ0) is 30.3. The quantitative estimate of drug-likeness (QED) is 0.275. The van der Waals surface area contributed by atoms with Crippen molar-refractivity contribution in [1.29, 1.82) is 0 Å². The van der Waals surface area contributed by atoms with Crippen LogP contribution < -0.4 is 14.4 Å². The number of amides is 2. The molecule has 1 atom stereocenters. The van der Waals surface area contributed by atoms with E-state index in [0.717, 1.165) is 9.87 Å². The van der Waals surface area contributed by atoms with E-state index >= 15 is 0 Å². The van der Waals surface area contributed by atoms with Gasteiger partial charge in [-0.15, -0.1) is 0 Å². The van der Waals surface area contributed by atoms with Crippen molar-refractivity contribution in [3.63, 3.8) is 0 Å². The van der Waals surface area contributed by atoms with Gasteiger partial charge >= 0.3 is 0 Å². The molecule has 0 spiro atoms. The first-order valence-corrected chi connectivity index (χ1v) is 15.4. The Labute approximate surface area is 252 Å². The number of rotatable bonds is 12. The van der Waals surface area contributed by atoms with Crippen molar-refractivity contribution in [2.45, 2.75) is 58.1 Å². The first-order valence-electron chi connectivity index (χ1n) is 13.2. The summed E-state index contributed by atoms with van der Waals surface area (Å²) in [5.74, 6) is -0.437. The number of carbonyl (C=O) groups excluding carboxylic acids is 2. The van der Waals surface area contributed by atoms with E-state index in [0.29, 0.717) is 33.7 Å². The summed E-state index contributed by atoms with van der Waals surface area (Å²) in [5.41, 5.74) is 1.79. The van der Waals surface area contributed by atoms with Crippen LogP contribution in [0.3, 0.4) is 0 Å². The fourth-order valence-electron chi connectivity index (χ4n) is 4.06. The van der Waals surface area contributed by atoms with E-state index in [2.05, 4.69) is 5.32 Å². The lowest BCUT2D eigenvalue weighted by atomic mass is 10.1. The maximum absolute atomic E-state index is 14.0. The third-order valence-electron chi connectivity index (χ3n) is 6.28. The van der Waals surface area contributed by atoms with Gasteiger partial charge in [-0.25, -0.2) is 8.42 Å². The average molecular weight is 621 g/mol. The third-order valence-corrected chi connectivity index (χ3v) is 8.65. The Bertz CT molecular complexity index is 1460. The summed E-state index contributed by atoms with van der Waals surface area (Å²) >= 11 is 12.5. The fourth-order valence-corrected chi connectivity index (χ4v) is 5.95. The van der Waals surface area contributed by atoms with Crippen molar-refractivity contribution >= 4 is 50.7 Å². The summed E-state index contributed by atoms with van der Waals surface area (Å²) in [5, 5.41) is 3.57. The number of sulfonamides is 1. The standard InChI is InChI=1S/C30H35Cl2N3O5S/c1-6-40-26-13-15-27(16-14-26)41(38,39)35(25-11-7-21(4)8-12-25)19-29(36)34(22(5)30(37)33-20(2)3)18-23-9-10-24(31)17-28(23)32/h7-17,20,22H,6,18-19H2,1-5H3,(H,33,37)/t22-/m1/s1. The molecule has 0 aliphatic rings. The summed E-state index contributed by atoms with van der Waals surface area (Å²) in [6.07, 6.45) is 0. The van der Waals surface area contributed by atoms with E-state index in [1.54, 1.807) is 61.5 Å². The molecule has 220 valence electrons. The second-order valence-electron chi connectivity index (χ2n) is 9.85. The van der Waals surface area contributed by atoms with Crippen LogP contribution in [0.25, 0.3) is 0 Å². The molecule has 2 amide bonds. The number of aryl methyl sites for hydroxylation is 1. The number of hydrogen-bond donors (Lipinski definition) is 1. The minimum atomic E-state index is -4.19. The lowest BCUT2D eigenvalue weighted by Gasteiger charge is -2.32. The van der Waals surface area contributed by atoms with Crippen LogP contribution in [0.15, 0.2) is 71.6 Å². The van der Waals surface area contributed by atoms with Crippen molar-refractivity contribution in [1.82, 2.24) is 10.2 Å². The van der Waals surface area contributed by atoms with Crippen LogP contribution in [0.2, 0.25) is 10.0 Å². The molecule has 1 N–H and O–H groups in total. The first kappa shape index (κ1) is 32.2. The molecule has 3 aromatic rings. The van der Waals surface area contributed by atoms with Gasteiger partial charge in [0.1, 0.15) is 18.3 Å². The van der Waals surface area contributed by atoms with Gasteiger partial charge in [-0.3, -0.25) is 13.9 Å². The van der Waals surface area contributed by atoms with Gasteiger partial charge in [-0.1, -0.05) is 47.0 Å². The molecule has 3 rings (SSSR count).